The lowest BCUT2D eigenvalue weighted by atomic mass is 10.2. The fourth-order valence-electron chi connectivity index (χ4n) is 1.78. The van der Waals surface area contributed by atoms with Gasteiger partial charge in [0.1, 0.15) is 5.82 Å². The molecule has 15 heavy (non-hydrogen) atoms. The van der Waals surface area contributed by atoms with Crippen LogP contribution in [0.2, 0.25) is 0 Å². The molecule has 0 atom stereocenters. The standard InChI is InChI=1S/C11H15ClN2O/c12-9-10-3-1-4-13-11(10)14-5-2-7-15-8-6-14/h1,3-4H,2,5-9H2. The van der Waals surface area contributed by atoms with Crippen molar-refractivity contribution in [2.24, 2.45) is 0 Å². The third kappa shape index (κ3) is 2.61. The highest BCUT2D eigenvalue weighted by molar-refractivity contribution is 6.17. The minimum absolute atomic E-state index is 0.514. The van der Waals surface area contributed by atoms with Crippen molar-refractivity contribution in [2.75, 3.05) is 31.2 Å². The molecule has 82 valence electrons. The van der Waals surface area contributed by atoms with Gasteiger partial charge in [0.15, 0.2) is 0 Å². The Morgan fingerprint density at radius 2 is 2.33 bits per heavy atom. The zero-order valence-electron chi connectivity index (χ0n) is 8.66. The first kappa shape index (κ1) is 10.7. The fourth-order valence-corrected chi connectivity index (χ4v) is 1.99. The summed E-state index contributed by atoms with van der Waals surface area (Å²) in [5.74, 6) is 1.53. The van der Waals surface area contributed by atoms with Crippen molar-refractivity contribution in [3.63, 3.8) is 0 Å². The van der Waals surface area contributed by atoms with Crippen LogP contribution in [-0.2, 0) is 10.6 Å². The second-order valence-corrected chi connectivity index (χ2v) is 3.84. The molecule has 1 fully saturated rings. The molecule has 2 rings (SSSR count). The lowest BCUT2D eigenvalue weighted by Crippen LogP contribution is -2.27. The summed E-state index contributed by atoms with van der Waals surface area (Å²) in [7, 11) is 0. The molecule has 2 heterocycles. The van der Waals surface area contributed by atoms with Crippen molar-refractivity contribution in [3.8, 4) is 0 Å². The van der Waals surface area contributed by atoms with E-state index in [1.807, 2.05) is 18.3 Å². The Morgan fingerprint density at radius 1 is 1.40 bits per heavy atom. The number of hydrogen-bond donors (Lipinski definition) is 0. The SMILES string of the molecule is ClCc1cccnc1N1CCCOCC1. The van der Waals surface area contributed by atoms with Gasteiger partial charge in [-0.2, -0.15) is 0 Å². The van der Waals surface area contributed by atoms with Crippen LogP contribution in [0.4, 0.5) is 5.82 Å². The number of halogens is 1. The third-order valence-electron chi connectivity index (χ3n) is 2.53. The number of aromatic nitrogens is 1. The molecule has 0 unspecified atom stereocenters. The van der Waals surface area contributed by atoms with Gasteiger partial charge < -0.3 is 9.64 Å². The second-order valence-electron chi connectivity index (χ2n) is 3.57. The molecule has 1 saturated heterocycles. The van der Waals surface area contributed by atoms with Crippen molar-refractivity contribution < 1.29 is 4.74 Å². The largest absolute Gasteiger partial charge is 0.380 e. The van der Waals surface area contributed by atoms with E-state index in [1.165, 1.54) is 0 Å². The van der Waals surface area contributed by atoms with Gasteiger partial charge in [-0.3, -0.25) is 0 Å². The van der Waals surface area contributed by atoms with Crippen LogP contribution in [-0.4, -0.2) is 31.3 Å². The van der Waals surface area contributed by atoms with E-state index in [-0.39, 0.29) is 0 Å². The first-order valence-corrected chi connectivity index (χ1v) is 5.78. The van der Waals surface area contributed by atoms with Gasteiger partial charge in [-0.05, 0) is 12.5 Å². The Balaban J connectivity index is 2.18. The average Bonchev–Trinajstić information content (AvgIpc) is 2.57. The quantitative estimate of drug-likeness (QED) is 0.722. The summed E-state index contributed by atoms with van der Waals surface area (Å²) >= 11 is 5.89. The average molecular weight is 227 g/mol. The van der Waals surface area contributed by atoms with Gasteiger partial charge in [0.2, 0.25) is 0 Å². The Labute approximate surface area is 95.0 Å². The highest BCUT2D eigenvalue weighted by atomic mass is 35.5. The molecule has 1 aliphatic rings. The Kier molecular flexibility index (Phi) is 3.80. The molecule has 1 aliphatic heterocycles. The molecule has 0 N–H and O–H groups in total. The van der Waals surface area contributed by atoms with E-state index >= 15 is 0 Å². The minimum Gasteiger partial charge on any atom is -0.380 e. The topological polar surface area (TPSA) is 25.4 Å². The molecule has 0 saturated carbocycles. The Morgan fingerprint density at radius 3 is 3.20 bits per heavy atom. The maximum Gasteiger partial charge on any atom is 0.133 e. The van der Waals surface area contributed by atoms with Crippen LogP contribution in [0.5, 0.6) is 0 Å². The molecule has 0 aliphatic carbocycles. The summed E-state index contributed by atoms with van der Waals surface area (Å²) in [6.45, 7) is 3.53. The first-order valence-electron chi connectivity index (χ1n) is 5.24. The maximum absolute atomic E-state index is 5.89. The predicted octanol–water partition coefficient (Wildman–Crippen LogP) is 2.05. The fraction of sp³-hybridized carbons (Fsp3) is 0.545. The van der Waals surface area contributed by atoms with Gasteiger partial charge >= 0.3 is 0 Å². The van der Waals surface area contributed by atoms with Crippen LogP contribution in [0.25, 0.3) is 0 Å². The van der Waals surface area contributed by atoms with Crippen molar-refractivity contribution in [2.45, 2.75) is 12.3 Å². The maximum atomic E-state index is 5.89. The van der Waals surface area contributed by atoms with Crippen LogP contribution >= 0.6 is 11.6 Å². The van der Waals surface area contributed by atoms with E-state index in [1.54, 1.807) is 0 Å². The van der Waals surface area contributed by atoms with Crippen LogP contribution < -0.4 is 4.90 Å². The smallest absolute Gasteiger partial charge is 0.133 e. The van der Waals surface area contributed by atoms with Crippen molar-refractivity contribution in [1.29, 1.82) is 0 Å². The summed E-state index contributed by atoms with van der Waals surface area (Å²) in [5, 5.41) is 0. The van der Waals surface area contributed by atoms with Gasteiger partial charge in [-0.15, -0.1) is 11.6 Å². The Bertz CT molecular complexity index is 311. The number of hydrogen-bond acceptors (Lipinski definition) is 3. The number of anilines is 1. The highest BCUT2D eigenvalue weighted by Gasteiger charge is 2.13. The van der Waals surface area contributed by atoms with E-state index in [0.717, 1.165) is 44.1 Å². The van der Waals surface area contributed by atoms with E-state index in [4.69, 9.17) is 16.3 Å². The van der Waals surface area contributed by atoms with E-state index in [0.29, 0.717) is 5.88 Å². The summed E-state index contributed by atoms with van der Waals surface area (Å²) in [6, 6.07) is 3.95. The lowest BCUT2D eigenvalue weighted by Gasteiger charge is -2.22. The molecular formula is C11H15ClN2O. The summed E-state index contributed by atoms with van der Waals surface area (Å²) in [5.41, 5.74) is 1.10. The first-order chi connectivity index (χ1) is 7.42. The van der Waals surface area contributed by atoms with E-state index < -0.39 is 0 Å². The van der Waals surface area contributed by atoms with Gasteiger partial charge in [-0.1, -0.05) is 6.07 Å². The van der Waals surface area contributed by atoms with Crippen LogP contribution in [0, 0.1) is 0 Å². The van der Waals surface area contributed by atoms with Gasteiger partial charge in [0.25, 0.3) is 0 Å². The zero-order chi connectivity index (χ0) is 10.5. The zero-order valence-corrected chi connectivity index (χ0v) is 9.41. The summed E-state index contributed by atoms with van der Waals surface area (Å²) in [4.78, 5) is 6.66. The van der Waals surface area contributed by atoms with E-state index in [2.05, 4.69) is 9.88 Å². The lowest BCUT2D eigenvalue weighted by molar-refractivity contribution is 0.152. The molecule has 1 aromatic rings. The van der Waals surface area contributed by atoms with Crippen LogP contribution in [0.1, 0.15) is 12.0 Å². The molecule has 0 amide bonds. The molecule has 1 aromatic heterocycles. The second kappa shape index (κ2) is 5.33. The summed E-state index contributed by atoms with van der Waals surface area (Å²) in [6.07, 6.45) is 2.87. The molecule has 0 bridgehead atoms. The van der Waals surface area contributed by atoms with Gasteiger partial charge in [0, 0.05) is 31.5 Å². The summed E-state index contributed by atoms with van der Waals surface area (Å²) < 4.78 is 5.42. The van der Waals surface area contributed by atoms with Crippen LogP contribution in [0.15, 0.2) is 18.3 Å². The minimum atomic E-state index is 0.514. The number of pyridine rings is 1. The highest BCUT2D eigenvalue weighted by Crippen LogP contribution is 2.19. The van der Waals surface area contributed by atoms with Crippen molar-refractivity contribution in [1.82, 2.24) is 4.98 Å². The normalized spacial score (nSPS) is 17.5. The van der Waals surface area contributed by atoms with Gasteiger partial charge in [0.05, 0.1) is 12.5 Å². The number of rotatable bonds is 2. The number of ether oxygens (including phenoxy) is 1. The van der Waals surface area contributed by atoms with Crippen molar-refractivity contribution >= 4 is 17.4 Å². The van der Waals surface area contributed by atoms with Crippen molar-refractivity contribution in [3.05, 3.63) is 23.9 Å². The molecule has 0 radical (unpaired) electrons. The molecule has 3 nitrogen and oxygen atoms in total. The van der Waals surface area contributed by atoms with Gasteiger partial charge in [-0.25, -0.2) is 4.98 Å². The monoisotopic (exact) mass is 226 g/mol. The molecule has 0 spiro atoms. The number of nitrogens with zero attached hydrogens (tertiary/aromatic N) is 2. The molecular weight excluding hydrogens is 212 g/mol. The van der Waals surface area contributed by atoms with E-state index in [9.17, 15) is 0 Å². The van der Waals surface area contributed by atoms with Crippen LogP contribution in [0.3, 0.4) is 0 Å². The third-order valence-corrected chi connectivity index (χ3v) is 2.82. The Hall–Kier alpha value is -0.800. The predicted molar refractivity (Wildman–Crippen MR) is 61.4 cm³/mol. The number of alkyl halides is 1. The molecule has 0 aromatic carbocycles. The molecule has 4 heteroatoms.